The highest BCUT2D eigenvalue weighted by Gasteiger charge is 2.10. The average molecular weight is 272 g/mol. The molecule has 5 heteroatoms. The lowest BCUT2D eigenvalue weighted by Gasteiger charge is -2.11. The van der Waals surface area contributed by atoms with E-state index >= 15 is 0 Å². The van der Waals surface area contributed by atoms with Crippen molar-refractivity contribution in [1.82, 2.24) is 0 Å². The van der Waals surface area contributed by atoms with E-state index in [1.807, 2.05) is 36.4 Å². The van der Waals surface area contributed by atoms with Crippen molar-refractivity contribution in [2.75, 3.05) is 6.61 Å². The summed E-state index contributed by atoms with van der Waals surface area (Å²) in [5, 5.41) is 0. The smallest absolute Gasteiger partial charge is 0.237 e. The summed E-state index contributed by atoms with van der Waals surface area (Å²) in [5.74, 6) is 1.34. The molecule has 0 bridgehead atoms. The van der Waals surface area contributed by atoms with Crippen LogP contribution in [0.4, 0.5) is 0 Å². The number of carbonyl (C=O) groups excluding carboxylic acids is 1. The lowest BCUT2D eigenvalue weighted by atomic mass is 10.3. The van der Waals surface area contributed by atoms with E-state index in [1.54, 1.807) is 18.2 Å². The van der Waals surface area contributed by atoms with Gasteiger partial charge >= 0.3 is 0 Å². The Morgan fingerprint density at radius 3 is 2.35 bits per heavy atom. The molecule has 0 aliphatic rings. The highest BCUT2D eigenvalue weighted by atomic mass is 16.5. The number of benzene rings is 2. The molecule has 0 saturated heterocycles. The average Bonchev–Trinajstić information content (AvgIpc) is 2.46. The van der Waals surface area contributed by atoms with E-state index in [1.165, 1.54) is 0 Å². The van der Waals surface area contributed by atoms with Crippen LogP contribution in [0.1, 0.15) is 0 Å². The second-order valence-corrected chi connectivity index (χ2v) is 4.21. The fourth-order valence-corrected chi connectivity index (χ4v) is 1.52. The van der Waals surface area contributed by atoms with E-state index in [2.05, 4.69) is 0 Å². The van der Waals surface area contributed by atoms with Gasteiger partial charge in [0.2, 0.25) is 5.91 Å². The maximum Gasteiger partial charge on any atom is 0.237 e. The summed E-state index contributed by atoms with van der Waals surface area (Å²) in [6.45, 7) is 0.0319. The van der Waals surface area contributed by atoms with Crippen LogP contribution < -0.4 is 20.9 Å². The fourth-order valence-electron chi connectivity index (χ4n) is 1.52. The Hall–Kier alpha value is -2.53. The number of primary amides is 1. The molecule has 2 aromatic rings. The van der Waals surface area contributed by atoms with Crippen molar-refractivity contribution >= 4 is 5.91 Å². The third-order valence-corrected chi connectivity index (χ3v) is 2.58. The summed E-state index contributed by atoms with van der Waals surface area (Å²) < 4.78 is 11.1. The number of hydrogen-bond donors (Lipinski definition) is 2. The van der Waals surface area contributed by atoms with Gasteiger partial charge in [-0.15, -0.1) is 0 Å². The number of ether oxygens (including phenoxy) is 2. The van der Waals surface area contributed by atoms with Gasteiger partial charge in [0, 0.05) is 6.07 Å². The highest BCUT2D eigenvalue weighted by Crippen LogP contribution is 2.24. The Morgan fingerprint density at radius 2 is 1.65 bits per heavy atom. The molecule has 0 heterocycles. The van der Waals surface area contributed by atoms with E-state index < -0.39 is 11.9 Å². The van der Waals surface area contributed by atoms with Crippen molar-refractivity contribution in [2.45, 2.75) is 6.04 Å². The van der Waals surface area contributed by atoms with Gasteiger partial charge in [0.15, 0.2) is 0 Å². The molecule has 2 aromatic carbocycles. The number of carbonyl (C=O) groups is 1. The Labute approximate surface area is 117 Å². The van der Waals surface area contributed by atoms with E-state index in [4.69, 9.17) is 20.9 Å². The maximum atomic E-state index is 10.8. The zero-order valence-electron chi connectivity index (χ0n) is 10.9. The van der Waals surface area contributed by atoms with E-state index in [-0.39, 0.29) is 6.61 Å². The minimum Gasteiger partial charge on any atom is -0.491 e. The normalized spacial score (nSPS) is 11.7. The van der Waals surface area contributed by atoms with Gasteiger partial charge in [0.05, 0.1) is 0 Å². The van der Waals surface area contributed by atoms with Gasteiger partial charge in [-0.05, 0) is 24.3 Å². The van der Waals surface area contributed by atoms with Gasteiger partial charge < -0.3 is 20.9 Å². The maximum absolute atomic E-state index is 10.8. The first-order valence-electron chi connectivity index (χ1n) is 6.16. The third-order valence-electron chi connectivity index (χ3n) is 2.58. The summed E-state index contributed by atoms with van der Waals surface area (Å²) in [4.78, 5) is 10.8. The van der Waals surface area contributed by atoms with Crippen LogP contribution >= 0.6 is 0 Å². The number of nitrogens with two attached hydrogens (primary N) is 2. The number of para-hydroxylation sites is 1. The van der Waals surface area contributed by atoms with E-state index in [9.17, 15) is 4.79 Å². The van der Waals surface area contributed by atoms with Crippen molar-refractivity contribution < 1.29 is 14.3 Å². The lowest BCUT2D eigenvalue weighted by Crippen LogP contribution is -2.41. The third kappa shape index (κ3) is 4.00. The first-order chi connectivity index (χ1) is 9.65. The van der Waals surface area contributed by atoms with E-state index in [0.29, 0.717) is 11.5 Å². The van der Waals surface area contributed by atoms with Crippen LogP contribution in [-0.2, 0) is 4.79 Å². The summed E-state index contributed by atoms with van der Waals surface area (Å²) in [6.07, 6.45) is 0. The van der Waals surface area contributed by atoms with Crippen LogP contribution in [0, 0.1) is 0 Å². The zero-order valence-corrected chi connectivity index (χ0v) is 10.9. The predicted octanol–water partition coefficient (Wildman–Crippen LogP) is 1.67. The quantitative estimate of drug-likeness (QED) is 0.837. The molecule has 0 fully saturated rings. The number of rotatable bonds is 6. The molecule has 2 rings (SSSR count). The Balaban J connectivity index is 1.99. The van der Waals surface area contributed by atoms with Crippen LogP contribution in [-0.4, -0.2) is 18.6 Å². The molecule has 1 amide bonds. The molecule has 0 aliphatic heterocycles. The lowest BCUT2D eigenvalue weighted by molar-refractivity contribution is -0.119. The molecule has 0 aliphatic carbocycles. The minimum atomic E-state index is -0.825. The standard InChI is InChI=1S/C15H16N2O3/c16-14(15(17)18)10-19-12-7-4-8-13(9-12)20-11-5-2-1-3-6-11/h1-9,14H,10,16H2,(H2,17,18). The van der Waals surface area contributed by atoms with Crippen molar-refractivity contribution in [2.24, 2.45) is 11.5 Å². The molecule has 0 aromatic heterocycles. The second kappa shape index (κ2) is 6.58. The Kier molecular flexibility index (Phi) is 4.57. The van der Waals surface area contributed by atoms with E-state index in [0.717, 1.165) is 5.75 Å². The van der Waals surface area contributed by atoms with Gasteiger partial charge in [0.25, 0.3) is 0 Å². The number of hydrogen-bond acceptors (Lipinski definition) is 4. The fraction of sp³-hybridized carbons (Fsp3) is 0.133. The molecule has 5 nitrogen and oxygen atoms in total. The summed E-state index contributed by atoms with van der Waals surface area (Å²) in [7, 11) is 0. The topological polar surface area (TPSA) is 87.6 Å². The molecule has 104 valence electrons. The molecule has 4 N–H and O–H groups in total. The molecule has 0 radical (unpaired) electrons. The molecule has 1 atom stereocenters. The van der Waals surface area contributed by atoms with Crippen molar-refractivity contribution in [3.05, 3.63) is 54.6 Å². The Morgan fingerprint density at radius 1 is 1.00 bits per heavy atom. The van der Waals surface area contributed by atoms with Crippen LogP contribution in [0.3, 0.4) is 0 Å². The van der Waals surface area contributed by atoms with Gasteiger partial charge in [-0.3, -0.25) is 4.79 Å². The molecular weight excluding hydrogens is 256 g/mol. The highest BCUT2D eigenvalue weighted by molar-refractivity contribution is 5.79. The molecular formula is C15H16N2O3. The van der Waals surface area contributed by atoms with Gasteiger partial charge in [-0.25, -0.2) is 0 Å². The first kappa shape index (κ1) is 13.9. The largest absolute Gasteiger partial charge is 0.491 e. The SMILES string of the molecule is NC(=O)C(N)COc1cccc(Oc2ccccc2)c1. The zero-order chi connectivity index (χ0) is 14.4. The monoisotopic (exact) mass is 272 g/mol. The van der Waals surface area contributed by atoms with Gasteiger partial charge in [-0.1, -0.05) is 24.3 Å². The van der Waals surface area contributed by atoms with Gasteiger partial charge in [0.1, 0.15) is 29.9 Å². The number of amides is 1. The minimum absolute atomic E-state index is 0.0319. The predicted molar refractivity (Wildman–Crippen MR) is 75.6 cm³/mol. The second-order valence-electron chi connectivity index (χ2n) is 4.21. The van der Waals surface area contributed by atoms with Crippen LogP contribution in [0.5, 0.6) is 17.2 Å². The van der Waals surface area contributed by atoms with Gasteiger partial charge in [-0.2, -0.15) is 0 Å². The van der Waals surface area contributed by atoms with Crippen LogP contribution in [0.15, 0.2) is 54.6 Å². The Bertz CT molecular complexity index is 572. The van der Waals surface area contributed by atoms with Crippen molar-refractivity contribution in [1.29, 1.82) is 0 Å². The summed E-state index contributed by atoms with van der Waals surface area (Å²) in [6, 6.07) is 15.7. The van der Waals surface area contributed by atoms with Crippen LogP contribution in [0.25, 0.3) is 0 Å². The summed E-state index contributed by atoms with van der Waals surface area (Å²) in [5.41, 5.74) is 10.6. The molecule has 0 spiro atoms. The molecule has 20 heavy (non-hydrogen) atoms. The first-order valence-corrected chi connectivity index (χ1v) is 6.16. The molecule has 0 saturated carbocycles. The summed E-state index contributed by atoms with van der Waals surface area (Å²) >= 11 is 0. The van der Waals surface area contributed by atoms with Crippen LogP contribution in [0.2, 0.25) is 0 Å². The molecule has 1 unspecified atom stereocenters. The van der Waals surface area contributed by atoms with Crippen molar-refractivity contribution in [3.8, 4) is 17.2 Å². The van der Waals surface area contributed by atoms with Crippen molar-refractivity contribution in [3.63, 3.8) is 0 Å².